The molecule has 5 nitrogen and oxygen atoms in total. The number of aliphatic carboxylic acids is 1. The first-order chi connectivity index (χ1) is 11.6. The number of nitrogens with one attached hydrogen (secondary N) is 1. The van der Waals surface area contributed by atoms with Crippen LogP contribution in [0.25, 0.3) is 10.9 Å². The van der Waals surface area contributed by atoms with Gasteiger partial charge in [0, 0.05) is 24.0 Å². The molecule has 8 heteroatoms. The summed E-state index contributed by atoms with van der Waals surface area (Å²) in [6.07, 6.45) is -4.66. The van der Waals surface area contributed by atoms with E-state index in [1.807, 2.05) is 19.9 Å². The first kappa shape index (κ1) is 17.3. The van der Waals surface area contributed by atoms with E-state index < -0.39 is 43.0 Å². The van der Waals surface area contributed by atoms with Gasteiger partial charge >= 0.3 is 12.1 Å². The van der Waals surface area contributed by atoms with Gasteiger partial charge in [0.25, 0.3) is 5.91 Å². The van der Waals surface area contributed by atoms with E-state index in [1.54, 1.807) is 12.1 Å². The van der Waals surface area contributed by atoms with Crippen molar-refractivity contribution in [3.63, 3.8) is 0 Å². The fourth-order valence-corrected chi connectivity index (χ4v) is 3.30. The van der Waals surface area contributed by atoms with Crippen LogP contribution in [-0.4, -0.2) is 46.1 Å². The predicted molar refractivity (Wildman–Crippen MR) is 84.3 cm³/mol. The van der Waals surface area contributed by atoms with Crippen LogP contribution >= 0.6 is 0 Å². The van der Waals surface area contributed by atoms with Crippen LogP contribution in [0.2, 0.25) is 0 Å². The lowest BCUT2D eigenvalue weighted by Crippen LogP contribution is -2.34. The van der Waals surface area contributed by atoms with Crippen LogP contribution < -0.4 is 0 Å². The topological polar surface area (TPSA) is 73.4 Å². The molecule has 0 unspecified atom stereocenters. The number of amides is 1. The SMILES string of the molecule is Cc1ccc2[nH]c(C(=O)N3C[C@@H](C(F)(F)F)[C@H](C(=O)O)C3)cc2c1C. The number of likely N-dealkylation sites (tertiary alicyclic amines) is 1. The smallest absolute Gasteiger partial charge is 0.394 e. The van der Waals surface area contributed by atoms with E-state index in [1.165, 1.54) is 0 Å². The number of benzene rings is 1. The highest BCUT2D eigenvalue weighted by Crippen LogP contribution is 2.38. The summed E-state index contributed by atoms with van der Waals surface area (Å²) in [4.78, 5) is 27.6. The Kier molecular flexibility index (Phi) is 4.01. The minimum Gasteiger partial charge on any atom is -0.481 e. The third-order valence-corrected chi connectivity index (χ3v) is 4.92. The van der Waals surface area contributed by atoms with Crippen LogP contribution in [0.15, 0.2) is 18.2 Å². The predicted octanol–water partition coefficient (Wildman–Crippen LogP) is 3.12. The van der Waals surface area contributed by atoms with E-state index in [4.69, 9.17) is 5.11 Å². The van der Waals surface area contributed by atoms with Crippen molar-refractivity contribution in [2.24, 2.45) is 11.8 Å². The van der Waals surface area contributed by atoms with Crippen LogP contribution in [0.4, 0.5) is 13.2 Å². The molecule has 0 bridgehead atoms. The lowest BCUT2D eigenvalue weighted by Gasteiger charge is -2.18. The zero-order valence-corrected chi connectivity index (χ0v) is 13.6. The first-order valence-corrected chi connectivity index (χ1v) is 7.77. The van der Waals surface area contributed by atoms with Crippen LogP contribution in [0.1, 0.15) is 21.6 Å². The number of aromatic amines is 1. The molecule has 2 heterocycles. The summed E-state index contributed by atoms with van der Waals surface area (Å²) >= 11 is 0. The standard InChI is InChI=1S/C17H17F3N2O3/c1-8-3-4-13-10(9(8)2)5-14(21-13)15(23)22-6-11(16(24)25)12(7-22)17(18,19)20/h3-5,11-12,21H,6-7H2,1-2H3,(H,24,25)/t11-,12-/m1/s1. The van der Waals surface area contributed by atoms with Gasteiger partial charge in [-0.05, 0) is 37.1 Å². The molecule has 134 valence electrons. The molecular formula is C17H17F3N2O3. The Morgan fingerprint density at radius 2 is 1.92 bits per heavy atom. The minimum absolute atomic E-state index is 0.163. The van der Waals surface area contributed by atoms with E-state index in [2.05, 4.69) is 4.98 Å². The molecule has 1 aliphatic heterocycles. The van der Waals surface area contributed by atoms with Gasteiger partial charge in [0.1, 0.15) is 5.69 Å². The van der Waals surface area contributed by atoms with Crippen molar-refractivity contribution in [1.82, 2.24) is 9.88 Å². The number of hydrogen-bond acceptors (Lipinski definition) is 2. The van der Waals surface area contributed by atoms with Crippen molar-refractivity contribution in [2.75, 3.05) is 13.1 Å². The summed E-state index contributed by atoms with van der Waals surface area (Å²) in [7, 11) is 0. The van der Waals surface area contributed by atoms with Crippen LogP contribution in [-0.2, 0) is 4.79 Å². The molecule has 25 heavy (non-hydrogen) atoms. The summed E-state index contributed by atoms with van der Waals surface area (Å²) < 4.78 is 39.2. The maximum atomic E-state index is 13.1. The van der Waals surface area contributed by atoms with Crippen molar-refractivity contribution >= 4 is 22.8 Å². The molecule has 1 aromatic heterocycles. The number of aryl methyl sites for hydroxylation is 2. The normalized spacial score (nSPS) is 21.1. The molecule has 1 aliphatic rings. The number of nitrogens with zero attached hydrogens (tertiary/aromatic N) is 1. The molecule has 1 amide bonds. The third-order valence-electron chi connectivity index (χ3n) is 4.92. The van der Waals surface area contributed by atoms with E-state index in [-0.39, 0.29) is 5.69 Å². The van der Waals surface area contributed by atoms with Gasteiger partial charge in [0.15, 0.2) is 0 Å². The number of halogens is 3. The van der Waals surface area contributed by atoms with Gasteiger partial charge in [-0.3, -0.25) is 9.59 Å². The molecule has 0 radical (unpaired) electrons. The van der Waals surface area contributed by atoms with Gasteiger partial charge in [-0.15, -0.1) is 0 Å². The Labute approximate surface area is 141 Å². The molecule has 1 fully saturated rings. The van der Waals surface area contributed by atoms with Gasteiger partial charge in [-0.1, -0.05) is 6.07 Å². The van der Waals surface area contributed by atoms with E-state index in [0.29, 0.717) is 5.52 Å². The van der Waals surface area contributed by atoms with Gasteiger partial charge in [0.05, 0.1) is 11.8 Å². The Hall–Kier alpha value is -2.51. The Bertz CT molecular complexity index is 857. The summed E-state index contributed by atoms with van der Waals surface area (Å²) in [6, 6.07) is 5.30. The van der Waals surface area contributed by atoms with Gasteiger partial charge in [0.2, 0.25) is 0 Å². The molecule has 2 atom stereocenters. The third kappa shape index (κ3) is 2.96. The van der Waals surface area contributed by atoms with Crippen molar-refractivity contribution < 1.29 is 27.9 Å². The number of H-pyrrole nitrogens is 1. The molecule has 2 aromatic rings. The minimum atomic E-state index is -4.66. The van der Waals surface area contributed by atoms with Crippen molar-refractivity contribution in [3.05, 3.63) is 35.0 Å². The molecule has 0 aliphatic carbocycles. The Morgan fingerprint density at radius 1 is 1.24 bits per heavy atom. The van der Waals surface area contributed by atoms with Crippen molar-refractivity contribution in [1.29, 1.82) is 0 Å². The highest BCUT2D eigenvalue weighted by atomic mass is 19.4. The average Bonchev–Trinajstić information content (AvgIpc) is 3.14. The van der Waals surface area contributed by atoms with Crippen molar-refractivity contribution in [3.8, 4) is 0 Å². The lowest BCUT2D eigenvalue weighted by molar-refractivity contribution is -0.187. The number of rotatable bonds is 2. The quantitative estimate of drug-likeness (QED) is 0.870. The number of fused-ring (bicyclic) bond motifs is 1. The maximum absolute atomic E-state index is 13.1. The number of carboxylic acids is 1. The molecule has 3 rings (SSSR count). The van der Waals surface area contributed by atoms with Crippen LogP contribution in [0.3, 0.4) is 0 Å². The number of carboxylic acid groups (broad SMARTS) is 1. The van der Waals surface area contributed by atoms with Crippen molar-refractivity contribution in [2.45, 2.75) is 20.0 Å². The average molecular weight is 354 g/mol. The summed E-state index contributed by atoms with van der Waals surface area (Å²) in [6.45, 7) is 2.73. The second kappa shape index (κ2) is 5.79. The largest absolute Gasteiger partial charge is 0.481 e. The fourth-order valence-electron chi connectivity index (χ4n) is 3.30. The summed E-state index contributed by atoms with van der Waals surface area (Å²) in [5, 5.41) is 9.88. The number of aromatic nitrogens is 1. The molecular weight excluding hydrogens is 337 g/mol. The molecule has 0 saturated carbocycles. The molecule has 0 spiro atoms. The van der Waals surface area contributed by atoms with Crippen LogP contribution in [0.5, 0.6) is 0 Å². The Balaban J connectivity index is 1.91. The van der Waals surface area contributed by atoms with Crippen LogP contribution in [0, 0.1) is 25.7 Å². The highest BCUT2D eigenvalue weighted by molar-refractivity contribution is 5.99. The highest BCUT2D eigenvalue weighted by Gasteiger charge is 2.53. The van der Waals surface area contributed by atoms with Gasteiger partial charge in [-0.2, -0.15) is 13.2 Å². The maximum Gasteiger partial charge on any atom is 0.394 e. The molecule has 2 N–H and O–H groups in total. The zero-order chi connectivity index (χ0) is 18.5. The first-order valence-electron chi connectivity index (χ1n) is 7.77. The lowest BCUT2D eigenvalue weighted by atomic mass is 9.96. The fraction of sp³-hybridized carbons (Fsp3) is 0.412. The van der Waals surface area contributed by atoms with E-state index in [9.17, 15) is 22.8 Å². The second-order valence-electron chi connectivity index (χ2n) is 6.45. The molecule has 1 aromatic carbocycles. The van der Waals surface area contributed by atoms with Gasteiger partial charge < -0.3 is 15.0 Å². The number of carbonyl (C=O) groups is 2. The van der Waals surface area contributed by atoms with E-state index in [0.717, 1.165) is 21.4 Å². The zero-order valence-electron chi connectivity index (χ0n) is 13.6. The summed E-state index contributed by atoms with van der Waals surface area (Å²) in [5.74, 6) is -5.85. The van der Waals surface area contributed by atoms with E-state index >= 15 is 0 Å². The number of alkyl halides is 3. The summed E-state index contributed by atoms with van der Waals surface area (Å²) in [5.41, 5.74) is 2.89. The second-order valence-corrected chi connectivity index (χ2v) is 6.45. The monoisotopic (exact) mass is 354 g/mol. The molecule has 1 saturated heterocycles. The number of carbonyl (C=O) groups excluding carboxylic acids is 1. The number of hydrogen-bond donors (Lipinski definition) is 2. The van der Waals surface area contributed by atoms with Gasteiger partial charge in [-0.25, -0.2) is 0 Å². The Morgan fingerprint density at radius 3 is 2.48 bits per heavy atom.